The molecule has 7 N–H and O–H groups in total. The molecule has 0 aromatic carbocycles. The lowest BCUT2D eigenvalue weighted by Gasteiger charge is -2.44. The van der Waals surface area contributed by atoms with Crippen LogP contribution in [0.25, 0.3) is 0 Å². The number of carbonyl (C=O) groups is 4. The van der Waals surface area contributed by atoms with Gasteiger partial charge < -0.3 is 27.0 Å². The highest BCUT2D eigenvalue weighted by Crippen LogP contribution is 2.29. The molecule has 1 heterocycles. The number of rotatable bonds is 12. The van der Waals surface area contributed by atoms with Gasteiger partial charge in [0.15, 0.2) is 0 Å². The van der Waals surface area contributed by atoms with E-state index in [1.165, 1.54) is 0 Å². The zero-order chi connectivity index (χ0) is 25.1. The lowest BCUT2D eigenvalue weighted by Crippen LogP contribution is -2.63. The average molecular weight is 464 g/mol. The van der Waals surface area contributed by atoms with Crippen LogP contribution in [0.3, 0.4) is 0 Å². The van der Waals surface area contributed by atoms with Crippen molar-refractivity contribution in [2.24, 2.45) is 11.5 Å². The van der Waals surface area contributed by atoms with Gasteiger partial charge in [0.25, 0.3) is 0 Å². The number of hydrogen-bond donors (Lipinski definition) is 5. The molecule has 2 unspecified atom stereocenters. The number of carboxylic acids is 2. The minimum absolute atomic E-state index is 0.0400. The number of nitrogens with one attached hydrogen (secondary N) is 1. The van der Waals surface area contributed by atoms with Crippen molar-refractivity contribution < 1.29 is 29.4 Å². The number of carbonyl (C=O) groups excluding carboxylic acids is 2. The normalized spacial score (nSPS) is 19.3. The average Bonchev–Trinajstić information content (AvgIpc) is 2.85. The van der Waals surface area contributed by atoms with E-state index in [0.717, 1.165) is 0 Å². The summed E-state index contributed by atoms with van der Waals surface area (Å²) in [6, 6.07) is 0. The van der Waals surface area contributed by atoms with Crippen molar-refractivity contribution in [2.75, 3.05) is 39.3 Å². The van der Waals surface area contributed by atoms with Gasteiger partial charge >= 0.3 is 11.9 Å². The highest BCUT2D eigenvalue weighted by atomic mass is 16.4. The molecule has 0 aliphatic carbocycles. The third-order valence-corrected chi connectivity index (χ3v) is 6.14. The number of nitrogens with zero attached hydrogens (tertiary/aromatic N) is 2. The summed E-state index contributed by atoms with van der Waals surface area (Å²) in [4.78, 5) is 51.7. The largest absolute Gasteiger partial charge is 0.481 e. The van der Waals surface area contributed by atoms with Crippen LogP contribution < -0.4 is 16.8 Å². The zero-order valence-corrected chi connectivity index (χ0v) is 18.7. The van der Waals surface area contributed by atoms with Gasteiger partial charge in [-0.05, 0) is 12.8 Å². The fraction of sp³-hybridized carbons (Fsp3) is 0.636. The minimum Gasteiger partial charge on any atom is -0.481 e. The maximum atomic E-state index is 12.6. The molecule has 0 saturated carbocycles. The number of terminal acetylenes is 2. The van der Waals surface area contributed by atoms with Gasteiger partial charge in [0.1, 0.15) is 11.1 Å². The Balaban J connectivity index is 3.41. The smallest absolute Gasteiger partial charge is 0.305 e. The summed E-state index contributed by atoms with van der Waals surface area (Å²) in [5.41, 5.74) is 8.31. The Labute approximate surface area is 193 Å². The Morgan fingerprint density at radius 3 is 1.42 bits per heavy atom. The summed E-state index contributed by atoms with van der Waals surface area (Å²) in [6.07, 6.45) is 10.0. The first-order valence-corrected chi connectivity index (χ1v) is 10.7. The van der Waals surface area contributed by atoms with E-state index in [-0.39, 0.29) is 38.8 Å². The molecular weight excluding hydrogens is 430 g/mol. The first kappa shape index (κ1) is 27.9. The van der Waals surface area contributed by atoms with Gasteiger partial charge in [-0.3, -0.25) is 29.0 Å². The molecule has 1 saturated heterocycles. The third kappa shape index (κ3) is 7.19. The van der Waals surface area contributed by atoms with Crippen LogP contribution in [0.4, 0.5) is 0 Å². The molecule has 11 heteroatoms. The van der Waals surface area contributed by atoms with E-state index >= 15 is 0 Å². The fourth-order valence-corrected chi connectivity index (χ4v) is 4.38. The summed E-state index contributed by atoms with van der Waals surface area (Å²) in [7, 11) is 0. The van der Waals surface area contributed by atoms with Gasteiger partial charge in [-0.1, -0.05) is 0 Å². The van der Waals surface area contributed by atoms with Crippen LogP contribution in [0.1, 0.15) is 38.5 Å². The number of carboxylic acid groups (broad SMARTS) is 2. The van der Waals surface area contributed by atoms with Crippen molar-refractivity contribution in [1.82, 2.24) is 15.1 Å². The van der Waals surface area contributed by atoms with Gasteiger partial charge in [0.2, 0.25) is 11.8 Å². The van der Waals surface area contributed by atoms with E-state index in [1.807, 2.05) is 0 Å². The Morgan fingerprint density at radius 2 is 1.15 bits per heavy atom. The first-order valence-electron chi connectivity index (χ1n) is 10.7. The Morgan fingerprint density at radius 1 is 0.788 bits per heavy atom. The number of hydrogen-bond acceptors (Lipinski definition) is 7. The topological polar surface area (TPSA) is 179 Å². The van der Waals surface area contributed by atoms with Crippen molar-refractivity contribution >= 4 is 23.8 Å². The predicted molar refractivity (Wildman–Crippen MR) is 121 cm³/mol. The molecule has 0 radical (unpaired) electrons. The van der Waals surface area contributed by atoms with E-state index < -0.39 is 47.7 Å². The van der Waals surface area contributed by atoms with Gasteiger partial charge in [-0.25, -0.2) is 0 Å². The van der Waals surface area contributed by atoms with E-state index in [0.29, 0.717) is 26.2 Å². The van der Waals surface area contributed by atoms with Crippen molar-refractivity contribution in [1.29, 1.82) is 0 Å². The minimum atomic E-state index is -1.54. The molecule has 182 valence electrons. The fourth-order valence-electron chi connectivity index (χ4n) is 4.38. The van der Waals surface area contributed by atoms with Gasteiger partial charge in [0.05, 0.1) is 12.8 Å². The number of amides is 2. The van der Waals surface area contributed by atoms with E-state index in [2.05, 4.69) is 17.2 Å². The molecule has 1 rings (SSSR count). The monoisotopic (exact) mass is 463 g/mol. The summed E-state index contributed by atoms with van der Waals surface area (Å²) in [5, 5.41) is 22.2. The SMILES string of the molecule is C#CCCC(CC(=O)O)(C(N)=O)N1CCNCCN(C(CCC#C)(CC(=O)O)C(N)=O)CC1. The van der Waals surface area contributed by atoms with Crippen molar-refractivity contribution in [3.05, 3.63) is 0 Å². The van der Waals surface area contributed by atoms with Crippen LogP contribution in [-0.4, -0.2) is 94.1 Å². The lowest BCUT2D eigenvalue weighted by atomic mass is 9.85. The van der Waals surface area contributed by atoms with Gasteiger partial charge in [0, 0.05) is 52.1 Å². The molecule has 2 amide bonds. The summed E-state index contributed by atoms with van der Waals surface area (Å²) >= 11 is 0. The first-order chi connectivity index (χ1) is 15.6. The molecule has 2 atom stereocenters. The Bertz CT molecular complexity index is 753. The molecule has 33 heavy (non-hydrogen) atoms. The van der Waals surface area contributed by atoms with Crippen LogP contribution in [0, 0.1) is 24.7 Å². The number of aliphatic carboxylic acids is 2. The summed E-state index contributed by atoms with van der Waals surface area (Å²) in [5.74, 6) is 0.806. The second kappa shape index (κ2) is 12.8. The van der Waals surface area contributed by atoms with E-state index in [1.54, 1.807) is 9.80 Å². The quantitative estimate of drug-likeness (QED) is 0.213. The molecule has 1 fully saturated rings. The van der Waals surface area contributed by atoms with Crippen LogP contribution >= 0.6 is 0 Å². The molecule has 0 aromatic heterocycles. The van der Waals surface area contributed by atoms with Crippen molar-refractivity contribution in [3.63, 3.8) is 0 Å². The molecule has 1 aliphatic heterocycles. The van der Waals surface area contributed by atoms with Crippen molar-refractivity contribution in [2.45, 2.75) is 49.6 Å². The molecule has 1 aliphatic rings. The van der Waals surface area contributed by atoms with Crippen LogP contribution in [-0.2, 0) is 19.2 Å². The highest BCUT2D eigenvalue weighted by molar-refractivity contribution is 5.90. The van der Waals surface area contributed by atoms with Gasteiger partial charge in [-0.2, -0.15) is 0 Å². The molecule has 0 aromatic rings. The van der Waals surface area contributed by atoms with E-state index in [9.17, 15) is 29.4 Å². The standard InChI is InChI=1S/C22H33N5O6/c1-3-5-7-21(19(23)32,15-17(28)29)26-11-9-25-10-12-27(14-13-26)22(20(24)33,8-6-4-2)16-18(30)31/h1-2,25H,5-16H2,(H2,23,32)(H2,24,33)(H,28,29)(H,30,31). The maximum Gasteiger partial charge on any atom is 0.305 e. The van der Waals surface area contributed by atoms with E-state index in [4.69, 9.17) is 24.3 Å². The third-order valence-electron chi connectivity index (χ3n) is 6.14. The number of nitrogens with two attached hydrogens (primary N) is 2. The molecule has 11 nitrogen and oxygen atoms in total. The molecule has 0 bridgehead atoms. The van der Waals surface area contributed by atoms with Crippen LogP contribution in [0.5, 0.6) is 0 Å². The summed E-state index contributed by atoms with van der Waals surface area (Å²) in [6.45, 7) is 1.67. The molecule has 0 spiro atoms. The Kier molecular flexibility index (Phi) is 10.8. The Hall–Kier alpha value is -3.12. The molecular formula is C22H33N5O6. The van der Waals surface area contributed by atoms with Crippen molar-refractivity contribution in [3.8, 4) is 24.7 Å². The lowest BCUT2D eigenvalue weighted by molar-refractivity contribution is -0.148. The second-order valence-corrected chi connectivity index (χ2v) is 8.07. The van der Waals surface area contributed by atoms with Gasteiger partial charge in [-0.15, -0.1) is 24.7 Å². The predicted octanol–water partition coefficient (Wildman–Crippen LogP) is -1.58. The zero-order valence-electron chi connectivity index (χ0n) is 18.7. The van der Waals surface area contributed by atoms with Crippen LogP contribution in [0.15, 0.2) is 0 Å². The summed E-state index contributed by atoms with van der Waals surface area (Å²) < 4.78 is 0. The van der Waals surface area contributed by atoms with Crippen LogP contribution in [0.2, 0.25) is 0 Å². The second-order valence-electron chi connectivity index (χ2n) is 8.07. The number of primary amides is 2. The highest BCUT2D eigenvalue weighted by Gasteiger charge is 2.47. The maximum absolute atomic E-state index is 12.6.